The molecule has 0 aliphatic carbocycles. The summed E-state index contributed by atoms with van der Waals surface area (Å²) in [4.78, 5) is 26.1. The van der Waals surface area contributed by atoms with E-state index < -0.39 is 22.4 Å². The van der Waals surface area contributed by atoms with E-state index in [1.54, 1.807) is 11.0 Å². The molecule has 0 radical (unpaired) electrons. The summed E-state index contributed by atoms with van der Waals surface area (Å²) in [6.45, 7) is 5.38. The van der Waals surface area contributed by atoms with Gasteiger partial charge in [0.2, 0.25) is 0 Å². The molecule has 27 heavy (non-hydrogen) atoms. The van der Waals surface area contributed by atoms with E-state index in [2.05, 4.69) is 0 Å². The number of aryl methyl sites for hydroxylation is 1. The first-order valence-electron chi connectivity index (χ1n) is 9.15. The van der Waals surface area contributed by atoms with Crippen LogP contribution in [0.2, 0.25) is 0 Å². The van der Waals surface area contributed by atoms with Crippen molar-refractivity contribution in [1.82, 2.24) is 4.90 Å². The van der Waals surface area contributed by atoms with Crippen molar-refractivity contribution in [2.24, 2.45) is 0 Å². The molecule has 1 aromatic carbocycles. The normalized spacial score (nSPS) is 19.7. The Morgan fingerprint density at radius 2 is 2.11 bits per heavy atom. The van der Waals surface area contributed by atoms with Crippen LogP contribution in [0.4, 0.5) is 0 Å². The summed E-state index contributed by atoms with van der Waals surface area (Å²) < 4.78 is 28.6. The van der Waals surface area contributed by atoms with Crippen LogP contribution in [0.5, 0.6) is 0 Å². The van der Waals surface area contributed by atoms with Crippen LogP contribution in [0.25, 0.3) is 6.08 Å². The number of carbonyl (C=O) groups excluding carboxylic acids is 2. The van der Waals surface area contributed by atoms with E-state index in [0.717, 1.165) is 11.1 Å². The molecule has 0 bridgehead atoms. The lowest BCUT2D eigenvalue weighted by Gasteiger charge is -2.33. The molecule has 0 spiro atoms. The molecule has 1 heterocycles. The second-order valence-corrected chi connectivity index (χ2v) is 9.20. The predicted octanol–water partition coefficient (Wildman–Crippen LogP) is 2.37. The smallest absolute Gasteiger partial charge is 0.331 e. The van der Waals surface area contributed by atoms with E-state index in [1.807, 2.05) is 45.0 Å². The van der Waals surface area contributed by atoms with Crippen LogP contribution in [0.1, 0.15) is 37.8 Å². The molecule has 1 amide bonds. The number of rotatable bonds is 7. The summed E-state index contributed by atoms with van der Waals surface area (Å²) in [5.74, 6) is -0.891. The van der Waals surface area contributed by atoms with Gasteiger partial charge in [-0.25, -0.2) is 13.2 Å². The SMILES string of the molecule is CC[C@H](C)N(C(=O)COC(=O)/C=C/c1cccc(C)c1)[C@@H]1CCS(=O)(=O)C1. The van der Waals surface area contributed by atoms with Crippen LogP contribution in [-0.4, -0.2) is 55.4 Å². The molecule has 1 aliphatic rings. The van der Waals surface area contributed by atoms with Gasteiger partial charge in [-0.1, -0.05) is 36.8 Å². The van der Waals surface area contributed by atoms with Crippen molar-refractivity contribution in [3.63, 3.8) is 0 Å². The van der Waals surface area contributed by atoms with Gasteiger partial charge in [0, 0.05) is 18.2 Å². The number of hydrogen-bond donors (Lipinski definition) is 0. The number of hydrogen-bond acceptors (Lipinski definition) is 5. The molecule has 2 rings (SSSR count). The van der Waals surface area contributed by atoms with E-state index in [0.29, 0.717) is 12.8 Å². The Hall–Kier alpha value is -2.15. The highest BCUT2D eigenvalue weighted by molar-refractivity contribution is 7.91. The Balaban J connectivity index is 1.95. The van der Waals surface area contributed by atoms with Crippen molar-refractivity contribution in [3.8, 4) is 0 Å². The first-order chi connectivity index (χ1) is 12.7. The molecule has 6 nitrogen and oxygen atoms in total. The Kier molecular flexibility index (Phi) is 7.18. The number of amides is 1. The maximum Gasteiger partial charge on any atom is 0.331 e. The Bertz CT molecular complexity index is 815. The van der Waals surface area contributed by atoms with Gasteiger partial charge in [-0.3, -0.25) is 4.79 Å². The largest absolute Gasteiger partial charge is 0.452 e. The summed E-state index contributed by atoms with van der Waals surface area (Å²) in [6, 6.07) is 7.19. The fraction of sp³-hybridized carbons (Fsp3) is 0.500. The van der Waals surface area contributed by atoms with E-state index in [4.69, 9.17) is 4.74 Å². The first kappa shape index (κ1) is 21.2. The summed E-state index contributed by atoms with van der Waals surface area (Å²) >= 11 is 0. The quantitative estimate of drug-likeness (QED) is 0.525. The number of sulfone groups is 1. The number of esters is 1. The summed E-state index contributed by atoms with van der Waals surface area (Å²) in [6.07, 6.45) is 4.05. The molecule has 2 atom stereocenters. The van der Waals surface area contributed by atoms with Crippen LogP contribution < -0.4 is 0 Å². The fourth-order valence-corrected chi connectivity index (χ4v) is 4.91. The lowest BCUT2D eigenvalue weighted by atomic mass is 10.1. The van der Waals surface area contributed by atoms with Gasteiger partial charge in [0.15, 0.2) is 16.4 Å². The molecule has 148 valence electrons. The second kappa shape index (κ2) is 9.17. The third-order valence-electron chi connectivity index (χ3n) is 4.75. The third-order valence-corrected chi connectivity index (χ3v) is 6.50. The van der Waals surface area contributed by atoms with E-state index >= 15 is 0 Å². The van der Waals surface area contributed by atoms with Crippen molar-refractivity contribution in [2.75, 3.05) is 18.1 Å². The number of ether oxygens (including phenoxy) is 1. The van der Waals surface area contributed by atoms with Gasteiger partial charge in [-0.05, 0) is 38.3 Å². The summed E-state index contributed by atoms with van der Waals surface area (Å²) in [5, 5.41) is 0. The number of nitrogens with zero attached hydrogens (tertiary/aromatic N) is 1. The second-order valence-electron chi connectivity index (χ2n) is 6.97. The monoisotopic (exact) mass is 393 g/mol. The highest BCUT2D eigenvalue weighted by atomic mass is 32.2. The van der Waals surface area contributed by atoms with Crippen LogP contribution in [0.3, 0.4) is 0 Å². The van der Waals surface area contributed by atoms with Gasteiger partial charge in [-0.15, -0.1) is 0 Å². The molecular weight excluding hydrogens is 366 g/mol. The third kappa shape index (κ3) is 6.20. The Labute approximate surface area is 161 Å². The van der Waals surface area contributed by atoms with Crippen molar-refractivity contribution in [3.05, 3.63) is 41.5 Å². The minimum Gasteiger partial charge on any atom is -0.452 e. The minimum atomic E-state index is -3.10. The molecule has 1 fully saturated rings. The predicted molar refractivity (Wildman–Crippen MR) is 105 cm³/mol. The zero-order chi connectivity index (χ0) is 20.0. The van der Waals surface area contributed by atoms with Crippen molar-refractivity contribution < 1.29 is 22.7 Å². The van der Waals surface area contributed by atoms with Crippen molar-refractivity contribution >= 4 is 27.8 Å². The molecule has 0 unspecified atom stereocenters. The highest BCUT2D eigenvalue weighted by Gasteiger charge is 2.36. The molecule has 1 aliphatic heterocycles. The average molecular weight is 394 g/mol. The Morgan fingerprint density at radius 1 is 1.37 bits per heavy atom. The standard InChI is InChI=1S/C20H27NO5S/c1-4-16(3)21(18-10-11-27(24,25)14-18)19(22)13-26-20(23)9-8-17-7-5-6-15(2)12-17/h5-9,12,16,18H,4,10-11,13-14H2,1-3H3/b9-8+/t16-,18+/m0/s1. The molecule has 0 aromatic heterocycles. The first-order valence-corrected chi connectivity index (χ1v) is 11.0. The molecule has 1 aromatic rings. The van der Waals surface area contributed by atoms with Crippen molar-refractivity contribution in [2.45, 2.75) is 45.7 Å². The highest BCUT2D eigenvalue weighted by Crippen LogP contribution is 2.21. The van der Waals surface area contributed by atoms with E-state index in [1.165, 1.54) is 6.08 Å². The number of carbonyl (C=O) groups is 2. The maximum absolute atomic E-state index is 12.6. The lowest BCUT2D eigenvalue weighted by Crippen LogP contribution is -2.48. The Morgan fingerprint density at radius 3 is 2.70 bits per heavy atom. The van der Waals surface area contributed by atoms with Gasteiger partial charge in [0.05, 0.1) is 11.5 Å². The van der Waals surface area contributed by atoms with Crippen LogP contribution in [-0.2, 0) is 24.2 Å². The topological polar surface area (TPSA) is 80.8 Å². The van der Waals surface area contributed by atoms with E-state index in [9.17, 15) is 18.0 Å². The maximum atomic E-state index is 12.6. The average Bonchev–Trinajstić information content (AvgIpc) is 2.97. The van der Waals surface area contributed by atoms with Gasteiger partial charge >= 0.3 is 5.97 Å². The van der Waals surface area contributed by atoms with Gasteiger partial charge in [-0.2, -0.15) is 0 Å². The molecule has 0 N–H and O–H groups in total. The minimum absolute atomic E-state index is 0.0235. The van der Waals surface area contributed by atoms with Gasteiger partial charge < -0.3 is 9.64 Å². The van der Waals surface area contributed by atoms with Crippen LogP contribution in [0.15, 0.2) is 30.3 Å². The summed E-state index contributed by atoms with van der Waals surface area (Å²) in [7, 11) is -3.10. The zero-order valence-electron chi connectivity index (χ0n) is 16.1. The van der Waals surface area contributed by atoms with Crippen LogP contribution in [0, 0.1) is 6.92 Å². The zero-order valence-corrected chi connectivity index (χ0v) is 16.9. The summed E-state index contributed by atoms with van der Waals surface area (Å²) in [5.41, 5.74) is 1.95. The fourth-order valence-electron chi connectivity index (χ4n) is 3.19. The van der Waals surface area contributed by atoms with Gasteiger partial charge in [0.25, 0.3) is 5.91 Å². The van der Waals surface area contributed by atoms with E-state index in [-0.39, 0.29) is 29.5 Å². The number of benzene rings is 1. The molecule has 7 heteroatoms. The lowest BCUT2D eigenvalue weighted by molar-refractivity contribution is -0.150. The van der Waals surface area contributed by atoms with Gasteiger partial charge in [0.1, 0.15) is 0 Å². The van der Waals surface area contributed by atoms with Crippen molar-refractivity contribution in [1.29, 1.82) is 0 Å². The molecular formula is C20H27NO5S. The van der Waals surface area contributed by atoms with Crippen LogP contribution >= 0.6 is 0 Å². The molecule has 1 saturated heterocycles. The molecule has 0 saturated carbocycles.